The number of carbonyl (C=O) groups is 2. The van der Waals surface area contributed by atoms with Crippen LogP contribution in [-0.2, 0) is 14.3 Å². The van der Waals surface area contributed by atoms with Crippen molar-refractivity contribution in [2.75, 3.05) is 13.7 Å². The van der Waals surface area contributed by atoms with Gasteiger partial charge < -0.3 is 19.5 Å². The molecular formula is C19H25NO5. The predicted octanol–water partition coefficient (Wildman–Crippen LogP) is 2.55. The molecule has 0 unspecified atom stereocenters. The standard InChI is InChI=1S/C19H25NO5/c1-3-24-19(22)18-14(11-17(21)20-18)12-8-9-15(23-2)16(10-12)25-13-6-4-5-7-13/h8-10,13-14,18H,3-7,11H2,1-2H3,(H,20,21)/t14-,18+/m1/s1. The van der Waals surface area contributed by atoms with Gasteiger partial charge in [0.1, 0.15) is 6.04 Å². The number of hydrogen-bond donors (Lipinski definition) is 1. The Morgan fingerprint density at radius 3 is 2.68 bits per heavy atom. The molecule has 6 heteroatoms. The van der Waals surface area contributed by atoms with Crippen molar-refractivity contribution >= 4 is 11.9 Å². The molecule has 2 atom stereocenters. The van der Waals surface area contributed by atoms with Crippen molar-refractivity contribution in [3.63, 3.8) is 0 Å². The lowest BCUT2D eigenvalue weighted by Crippen LogP contribution is -2.37. The quantitative estimate of drug-likeness (QED) is 0.801. The summed E-state index contributed by atoms with van der Waals surface area (Å²) in [5.41, 5.74) is 0.880. The molecule has 2 fully saturated rings. The second-order valence-corrected chi connectivity index (χ2v) is 6.54. The van der Waals surface area contributed by atoms with E-state index in [1.165, 1.54) is 12.8 Å². The van der Waals surface area contributed by atoms with Crippen molar-refractivity contribution in [2.45, 2.75) is 57.1 Å². The number of rotatable bonds is 6. The van der Waals surface area contributed by atoms with Gasteiger partial charge in [-0.15, -0.1) is 0 Å². The van der Waals surface area contributed by atoms with Crippen molar-refractivity contribution in [1.29, 1.82) is 0 Å². The largest absolute Gasteiger partial charge is 0.493 e. The van der Waals surface area contributed by atoms with Crippen LogP contribution in [0.3, 0.4) is 0 Å². The first-order valence-electron chi connectivity index (χ1n) is 8.93. The predicted molar refractivity (Wildman–Crippen MR) is 91.8 cm³/mol. The van der Waals surface area contributed by atoms with Gasteiger partial charge in [0.15, 0.2) is 11.5 Å². The van der Waals surface area contributed by atoms with Gasteiger partial charge >= 0.3 is 5.97 Å². The van der Waals surface area contributed by atoms with Crippen molar-refractivity contribution in [3.8, 4) is 11.5 Å². The lowest BCUT2D eigenvalue weighted by molar-refractivity contribution is -0.146. The van der Waals surface area contributed by atoms with Gasteiger partial charge in [0.05, 0.1) is 19.8 Å². The second-order valence-electron chi connectivity index (χ2n) is 6.54. The van der Waals surface area contributed by atoms with Crippen molar-refractivity contribution in [2.24, 2.45) is 0 Å². The molecule has 1 aliphatic heterocycles. The van der Waals surface area contributed by atoms with Crippen LogP contribution in [0.2, 0.25) is 0 Å². The Balaban J connectivity index is 1.84. The molecule has 0 aromatic heterocycles. The monoisotopic (exact) mass is 347 g/mol. The Bertz CT molecular complexity index is 639. The molecule has 1 saturated heterocycles. The lowest BCUT2D eigenvalue weighted by atomic mass is 9.91. The van der Waals surface area contributed by atoms with Gasteiger partial charge in [0.25, 0.3) is 0 Å². The van der Waals surface area contributed by atoms with Gasteiger partial charge in [-0.05, 0) is 50.3 Å². The molecule has 1 aliphatic carbocycles. The number of benzene rings is 1. The highest BCUT2D eigenvalue weighted by Crippen LogP contribution is 2.37. The first-order chi connectivity index (χ1) is 12.1. The van der Waals surface area contributed by atoms with E-state index in [-0.39, 0.29) is 31.0 Å². The molecule has 1 saturated carbocycles. The number of carbonyl (C=O) groups excluding carboxylic acids is 2. The number of ether oxygens (including phenoxy) is 3. The van der Waals surface area contributed by atoms with E-state index in [0.717, 1.165) is 18.4 Å². The molecule has 6 nitrogen and oxygen atoms in total. The number of methoxy groups -OCH3 is 1. The molecule has 0 bridgehead atoms. The summed E-state index contributed by atoms with van der Waals surface area (Å²) in [5, 5.41) is 2.72. The zero-order valence-corrected chi connectivity index (χ0v) is 14.7. The first-order valence-corrected chi connectivity index (χ1v) is 8.93. The minimum Gasteiger partial charge on any atom is -0.493 e. The van der Waals surface area contributed by atoms with E-state index in [1.807, 2.05) is 18.2 Å². The summed E-state index contributed by atoms with van der Waals surface area (Å²) in [6.45, 7) is 2.04. The third kappa shape index (κ3) is 3.89. The maximum atomic E-state index is 12.2. The van der Waals surface area contributed by atoms with Crippen molar-refractivity contribution in [3.05, 3.63) is 23.8 Å². The molecule has 1 amide bonds. The lowest BCUT2D eigenvalue weighted by Gasteiger charge is -2.21. The fourth-order valence-corrected chi connectivity index (χ4v) is 3.62. The third-order valence-corrected chi connectivity index (χ3v) is 4.88. The number of amides is 1. The van der Waals surface area contributed by atoms with Crippen molar-refractivity contribution in [1.82, 2.24) is 5.32 Å². The molecule has 1 heterocycles. The highest BCUT2D eigenvalue weighted by molar-refractivity contribution is 5.90. The van der Waals surface area contributed by atoms with Crippen LogP contribution >= 0.6 is 0 Å². The summed E-state index contributed by atoms with van der Waals surface area (Å²) in [7, 11) is 1.61. The molecule has 1 N–H and O–H groups in total. The van der Waals surface area contributed by atoms with Gasteiger partial charge in [-0.1, -0.05) is 6.07 Å². The van der Waals surface area contributed by atoms with Gasteiger partial charge in [-0.3, -0.25) is 4.79 Å². The van der Waals surface area contributed by atoms with Crippen LogP contribution in [0.15, 0.2) is 18.2 Å². The normalized spacial score (nSPS) is 23.4. The van der Waals surface area contributed by atoms with E-state index in [2.05, 4.69) is 5.32 Å². The van der Waals surface area contributed by atoms with E-state index in [4.69, 9.17) is 14.2 Å². The molecule has 3 rings (SSSR count). The SMILES string of the molecule is CCOC(=O)[C@H]1NC(=O)C[C@@H]1c1ccc(OC)c(OC2CCCC2)c1. The Morgan fingerprint density at radius 2 is 2.00 bits per heavy atom. The topological polar surface area (TPSA) is 73.9 Å². The smallest absolute Gasteiger partial charge is 0.329 e. The third-order valence-electron chi connectivity index (χ3n) is 4.88. The minimum absolute atomic E-state index is 0.142. The van der Waals surface area contributed by atoms with Crippen LogP contribution in [0, 0.1) is 0 Å². The van der Waals surface area contributed by atoms with Gasteiger partial charge in [0, 0.05) is 12.3 Å². The number of esters is 1. The fraction of sp³-hybridized carbons (Fsp3) is 0.579. The summed E-state index contributed by atoms with van der Waals surface area (Å²) >= 11 is 0. The highest BCUT2D eigenvalue weighted by atomic mass is 16.5. The summed E-state index contributed by atoms with van der Waals surface area (Å²) in [5.74, 6) is 0.544. The minimum atomic E-state index is -0.653. The molecular weight excluding hydrogens is 322 g/mol. The maximum absolute atomic E-state index is 12.2. The molecule has 0 radical (unpaired) electrons. The van der Waals surface area contributed by atoms with Crippen LogP contribution in [0.25, 0.3) is 0 Å². The van der Waals surface area contributed by atoms with Crippen LogP contribution < -0.4 is 14.8 Å². The zero-order chi connectivity index (χ0) is 17.8. The van der Waals surface area contributed by atoms with E-state index in [9.17, 15) is 9.59 Å². The van der Waals surface area contributed by atoms with Gasteiger partial charge in [-0.25, -0.2) is 4.79 Å². The van der Waals surface area contributed by atoms with Gasteiger partial charge in [-0.2, -0.15) is 0 Å². The molecule has 1 aromatic carbocycles. The van der Waals surface area contributed by atoms with Crippen LogP contribution in [-0.4, -0.2) is 37.7 Å². The molecule has 25 heavy (non-hydrogen) atoms. The Labute approximate surface area is 147 Å². The second kappa shape index (κ2) is 7.76. The Hall–Kier alpha value is -2.24. The maximum Gasteiger partial charge on any atom is 0.329 e. The van der Waals surface area contributed by atoms with Crippen LogP contribution in [0.5, 0.6) is 11.5 Å². The van der Waals surface area contributed by atoms with E-state index >= 15 is 0 Å². The van der Waals surface area contributed by atoms with E-state index < -0.39 is 12.0 Å². The molecule has 1 aromatic rings. The molecule has 2 aliphatic rings. The molecule has 0 spiro atoms. The van der Waals surface area contributed by atoms with Crippen molar-refractivity contribution < 1.29 is 23.8 Å². The zero-order valence-electron chi connectivity index (χ0n) is 14.7. The van der Waals surface area contributed by atoms with Crippen LogP contribution in [0.4, 0.5) is 0 Å². The number of hydrogen-bond acceptors (Lipinski definition) is 5. The highest BCUT2D eigenvalue weighted by Gasteiger charge is 2.39. The van der Waals surface area contributed by atoms with E-state index in [0.29, 0.717) is 11.5 Å². The molecule has 136 valence electrons. The van der Waals surface area contributed by atoms with E-state index in [1.54, 1.807) is 14.0 Å². The van der Waals surface area contributed by atoms with Crippen LogP contribution in [0.1, 0.15) is 50.5 Å². The summed E-state index contributed by atoms with van der Waals surface area (Å²) in [4.78, 5) is 24.0. The summed E-state index contributed by atoms with van der Waals surface area (Å²) in [6, 6.07) is 4.97. The fourth-order valence-electron chi connectivity index (χ4n) is 3.62. The average molecular weight is 347 g/mol. The Kier molecular flexibility index (Phi) is 5.46. The summed E-state index contributed by atoms with van der Waals surface area (Å²) in [6.07, 6.45) is 4.91. The average Bonchev–Trinajstić information content (AvgIpc) is 3.24. The Morgan fingerprint density at radius 1 is 1.24 bits per heavy atom. The summed E-state index contributed by atoms with van der Waals surface area (Å²) < 4.78 is 16.6. The first kappa shape index (κ1) is 17.6. The number of nitrogens with one attached hydrogen (secondary N) is 1. The van der Waals surface area contributed by atoms with Gasteiger partial charge in [0.2, 0.25) is 5.91 Å².